The second-order valence-electron chi connectivity index (χ2n) is 4.60. The lowest BCUT2D eigenvalue weighted by atomic mass is 10.2. The summed E-state index contributed by atoms with van der Waals surface area (Å²) in [5.74, 6) is 2.65. The van der Waals surface area contributed by atoms with Crippen LogP contribution in [0.1, 0.15) is 51.7 Å². The van der Waals surface area contributed by atoms with Crippen molar-refractivity contribution in [2.75, 3.05) is 19.6 Å². The summed E-state index contributed by atoms with van der Waals surface area (Å²) in [5.41, 5.74) is 0. The topological polar surface area (TPSA) is 75.3 Å². The van der Waals surface area contributed by atoms with Crippen LogP contribution in [-0.4, -0.2) is 35.7 Å². The van der Waals surface area contributed by atoms with Gasteiger partial charge in [-0.1, -0.05) is 19.0 Å². The molecule has 0 fully saturated rings. The van der Waals surface area contributed by atoms with E-state index in [1.54, 1.807) is 0 Å². The molecule has 0 aliphatic carbocycles. The maximum atomic E-state index is 5.19. The van der Waals surface area contributed by atoms with Gasteiger partial charge < -0.3 is 15.2 Å². The molecule has 1 heterocycles. The fourth-order valence-corrected chi connectivity index (χ4v) is 1.53. The highest BCUT2D eigenvalue weighted by atomic mass is 16.5. The molecule has 0 bridgehead atoms. The molecule has 2 N–H and O–H groups in total. The van der Waals surface area contributed by atoms with E-state index >= 15 is 0 Å². The van der Waals surface area contributed by atoms with Gasteiger partial charge in [-0.2, -0.15) is 4.98 Å². The molecule has 0 atom stereocenters. The standard InChI is InChI=1S/C13H25N5O/c1-5-14-13(15-6-2)16-9-7-8-11-17-12(10(3)4)18-19-11/h10H,5-9H2,1-4H3,(H2,14,15,16). The van der Waals surface area contributed by atoms with Gasteiger partial charge in [0.25, 0.3) is 0 Å². The third-order valence-electron chi connectivity index (χ3n) is 2.51. The van der Waals surface area contributed by atoms with Crippen molar-refractivity contribution in [2.45, 2.75) is 46.5 Å². The molecule has 0 spiro atoms. The average Bonchev–Trinajstić information content (AvgIpc) is 2.84. The second kappa shape index (κ2) is 8.50. The molecule has 0 saturated carbocycles. The lowest BCUT2D eigenvalue weighted by molar-refractivity contribution is 0.369. The summed E-state index contributed by atoms with van der Waals surface area (Å²) < 4.78 is 5.19. The number of nitrogens with one attached hydrogen (secondary N) is 2. The van der Waals surface area contributed by atoms with E-state index in [0.29, 0.717) is 11.8 Å². The Labute approximate surface area is 115 Å². The first kappa shape index (κ1) is 15.5. The highest BCUT2D eigenvalue weighted by Crippen LogP contribution is 2.10. The Kier molecular flexibility index (Phi) is 6.92. The number of aryl methyl sites for hydroxylation is 1. The third-order valence-corrected chi connectivity index (χ3v) is 2.51. The molecular weight excluding hydrogens is 242 g/mol. The van der Waals surface area contributed by atoms with E-state index in [-0.39, 0.29) is 0 Å². The quantitative estimate of drug-likeness (QED) is 0.447. The summed E-state index contributed by atoms with van der Waals surface area (Å²) in [6.07, 6.45) is 1.68. The fraction of sp³-hybridized carbons (Fsp3) is 0.769. The fourth-order valence-electron chi connectivity index (χ4n) is 1.53. The number of aliphatic imine (C=N–C) groups is 1. The van der Waals surface area contributed by atoms with E-state index in [2.05, 4.69) is 53.5 Å². The molecule has 0 aromatic carbocycles. The van der Waals surface area contributed by atoms with Crippen molar-refractivity contribution >= 4 is 5.96 Å². The normalized spacial score (nSPS) is 10.6. The van der Waals surface area contributed by atoms with Crippen LogP contribution < -0.4 is 10.6 Å². The summed E-state index contributed by atoms with van der Waals surface area (Å²) in [6, 6.07) is 0. The summed E-state index contributed by atoms with van der Waals surface area (Å²) in [5, 5.41) is 10.3. The van der Waals surface area contributed by atoms with Crippen molar-refractivity contribution in [1.29, 1.82) is 0 Å². The number of aromatic nitrogens is 2. The van der Waals surface area contributed by atoms with Gasteiger partial charge in [-0.3, -0.25) is 4.99 Å². The first-order chi connectivity index (χ1) is 9.17. The van der Waals surface area contributed by atoms with E-state index in [1.165, 1.54) is 0 Å². The van der Waals surface area contributed by atoms with E-state index in [9.17, 15) is 0 Å². The Morgan fingerprint density at radius 3 is 2.47 bits per heavy atom. The average molecular weight is 267 g/mol. The maximum Gasteiger partial charge on any atom is 0.226 e. The van der Waals surface area contributed by atoms with Crippen molar-refractivity contribution < 1.29 is 4.52 Å². The van der Waals surface area contributed by atoms with Crippen LogP contribution in [-0.2, 0) is 6.42 Å². The molecule has 108 valence electrons. The van der Waals surface area contributed by atoms with Crippen LogP contribution in [0.15, 0.2) is 9.52 Å². The number of rotatable bonds is 7. The zero-order valence-corrected chi connectivity index (χ0v) is 12.4. The summed E-state index contributed by atoms with van der Waals surface area (Å²) in [6.45, 7) is 10.7. The molecule has 0 aliphatic rings. The van der Waals surface area contributed by atoms with Gasteiger partial charge in [0.15, 0.2) is 11.8 Å². The van der Waals surface area contributed by atoms with Gasteiger partial charge in [-0.25, -0.2) is 0 Å². The molecule has 1 rings (SSSR count). The highest BCUT2D eigenvalue weighted by Gasteiger charge is 2.08. The van der Waals surface area contributed by atoms with Gasteiger partial charge in [-0.15, -0.1) is 0 Å². The summed E-state index contributed by atoms with van der Waals surface area (Å²) >= 11 is 0. The maximum absolute atomic E-state index is 5.19. The van der Waals surface area contributed by atoms with Gasteiger partial charge in [-0.05, 0) is 20.3 Å². The van der Waals surface area contributed by atoms with E-state index in [4.69, 9.17) is 4.52 Å². The molecule has 0 unspecified atom stereocenters. The minimum atomic E-state index is 0.310. The van der Waals surface area contributed by atoms with E-state index < -0.39 is 0 Å². The monoisotopic (exact) mass is 267 g/mol. The molecule has 0 saturated heterocycles. The van der Waals surface area contributed by atoms with Crippen LogP contribution in [0.2, 0.25) is 0 Å². The molecular formula is C13H25N5O. The lowest BCUT2D eigenvalue weighted by Crippen LogP contribution is -2.37. The molecule has 0 amide bonds. The third kappa shape index (κ3) is 5.72. The first-order valence-electron chi connectivity index (χ1n) is 7.02. The number of hydrogen-bond acceptors (Lipinski definition) is 4. The van der Waals surface area contributed by atoms with E-state index in [0.717, 1.165) is 44.3 Å². The molecule has 6 heteroatoms. The zero-order valence-electron chi connectivity index (χ0n) is 12.4. The van der Waals surface area contributed by atoms with Crippen molar-refractivity contribution in [1.82, 2.24) is 20.8 Å². The Morgan fingerprint density at radius 2 is 1.95 bits per heavy atom. The van der Waals surface area contributed by atoms with Crippen LogP contribution in [0, 0.1) is 0 Å². The highest BCUT2D eigenvalue weighted by molar-refractivity contribution is 5.79. The van der Waals surface area contributed by atoms with Crippen LogP contribution in [0.25, 0.3) is 0 Å². The molecule has 19 heavy (non-hydrogen) atoms. The van der Waals surface area contributed by atoms with Crippen LogP contribution in [0.4, 0.5) is 0 Å². The van der Waals surface area contributed by atoms with Gasteiger partial charge in [0.1, 0.15) is 0 Å². The van der Waals surface area contributed by atoms with Crippen LogP contribution >= 0.6 is 0 Å². The summed E-state index contributed by atoms with van der Waals surface area (Å²) in [4.78, 5) is 8.81. The van der Waals surface area contributed by atoms with Crippen molar-refractivity contribution in [3.8, 4) is 0 Å². The minimum absolute atomic E-state index is 0.310. The first-order valence-corrected chi connectivity index (χ1v) is 7.02. The zero-order chi connectivity index (χ0) is 14.1. The number of hydrogen-bond donors (Lipinski definition) is 2. The lowest BCUT2D eigenvalue weighted by Gasteiger charge is -2.08. The van der Waals surface area contributed by atoms with Crippen molar-refractivity contribution in [3.63, 3.8) is 0 Å². The van der Waals surface area contributed by atoms with Gasteiger partial charge in [0, 0.05) is 32.0 Å². The largest absolute Gasteiger partial charge is 0.357 e. The molecule has 1 aromatic rings. The SMILES string of the molecule is CCNC(=NCCCc1nc(C(C)C)no1)NCC. The summed E-state index contributed by atoms with van der Waals surface area (Å²) in [7, 11) is 0. The van der Waals surface area contributed by atoms with E-state index in [1.807, 2.05) is 0 Å². The predicted molar refractivity (Wildman–Crippen MR) is 76.4 cm³/mol. The van der Waals surface area contributed by atoms with Gasteiger partial charge >= 0.3 is 0 Å². The van der Waals surface area contributed by atoms with Gasteiger partial charge in [0.2, 0.25) is 5.89 Å². The Hall–Kier alpha value is -1.59. The molecule has 0 aliphatic heterocycles. The molecule has 6 nitrogen and oxygen atoms in total. The Morgan fingerprint density at radius 1 is 1.26 bits per heavy atom. The Balaban J connectivity index is 2.33. The van der Waals surface area contributed by atoms with Crippen molar-refractivity contribution in [3.05, 3.63) is 11.7 Å². The van der Waals surface area contributed by atoms with Gasteiger partial charge in [0.05, 0.1) is 0 Å². The Bertz CT molecular complexity index is 378. The number of nitrogens with zero attached hydrogens (tertiary/aromatic N) is 3. The second-order valence-corrected chi connectivity index (χ2v) is 4.60. The smallest absolute Gasteiger partial charge is 0.226 e. The predicted octanol–water partition coefficient (Wildman–Crippen LogP) is 1.70. The van der Waals surface area contributed by atoms with Crippen LogP contribution in [0.3, 0.4) is 0 Å². The van der Waals surface area contributed by atoms with Crippen LogP contribution in [0.5, 0.6) is 0 Å². The number of guanidine groups is 1. The molecule has 1 aromatic heterocycles. The minimum Gasteiger partial charge on any atom is -0.357 e. The van der Waals surface area contributed by atoms with Crippen molar-refractivity contribution in [2.24, 2.45) is 4.99 Å². The molecule has 0 radical (unpaired) electrons.